The maximum Gasteiger partial charge on any atom is 0.573 e. The lowest BCUT2D eigenvalue weighted by atomic mass is 10.1. The summed E-state index contributed by atoms with van der Waals surface area (Å²) in [6, 6.07) is 9.30. The van der Waals surface area contributed by atoms with Gasteiger partial charge in [-0.3, -0.25) is 4.79 Å². The molecule has 2 aromatic rings. The van der Waals surface area contributed by atoms with E-state index in [1.54, 1.807) is 18.2 Å². The van der Waals surface area contributed by atoms with Gasteiger partial charge in [-0.2, -0.15) is 0 Å². The Morgan fingerprint density at radius 3 is 2.08 bits per heavy atom. The van der Waals surface area contributed by atoms with Gasteiger partial charge in [0.1, 0.15) is 5.75 Å². The average molecular weight is 649 g/mol. The number of hydrogen-bond acceptors (Lipinski definition) is 2. The van der Waals surface area contributed by atoms with Gasteiger partial charge in [0.15, 0.2) is 0 Å². The van der Waals surface area contributed by atoms with Crippen molar-refractivity contribution >= 4 is 37.8 Å². The zero-order valence-electron chi connectivity index (χ0n) is 21.3. The standard InChI is InChI=1S/C28H36Br2F3N2O2/c1-2-3-4-5-6-7-8-9-10-11-15-35-27(36)22-17-25(29)24(26(30)18-22)20-34-19-21-13-12-14-23(16-21)37-28(31,32)33/h12-14,16-18H,2-11,15,19-20H2,1H3,(H,35,36). The molecule has 0 aliphatic heterocycles. The van der Waals surface area contributed by atoms with Crippen molar-refractivity contribution in [2.24, 2.45) is 0 Å². The third-order valence-electron chi connectivity index (χ3n) is 5.92. The minimum Gasteiger partial charge on any atom is -0.406 e. The summed E-state index contributed by atoms with van der Waals surface area (Å²) < 4.78 is 42.7. The van der Waals surface area contributed by atoms with Gasteiger partial charge >= 0.3 is 6.36 Å². The lowest BCUT2D eigenvalue weighted by Gasteiger charge is -2.12. The number of ether oxygens (including phenoxy) is 1. The summed E-state index contributed by atoms with van der Waals surface area (Å²) in [5.41, 5.74) is 2.01. The summed E-state index contributed by atoms with van der Waals surface area (Å²) >= 11 is 7.04. The number of benzene rings is 2. The molecule has 2 rings (SSSR count). The Bertz CT molecular complexity index is 948. The Morgan fingerprint density at radius 1 is 0.892 bits per heavy atom. The summed E-state index contributed by atoms with van der Waals surface area (Å²) in [5, 5.41) is 7.45. The molecular formula is C28H36Br2F3N2O2. The van der Waals surface area contributed by atoms with Crippen molar-refractivity contribution in [2.45, 2.75) is 90.6 Å². The number of unbranched alkanes of at least 4 members (excludes halogenated alkanes) is 9. The summed E-state index contributed by atoms with van der Waals surface area (Å²) in [6.07, 6.45) is 7.77. The number of carbonyl (C=O) groups is 1. The molecule has 0 aliphatic carbocycles. The maximum absolute atomic E-state index is 12.6. The first-order valence-corrected chi connectivity index (χ1v) is 14.5. The Kier molecular flexibility index (Phi) is 14.6. The molecule has 0 saturated heterocycles. The molecule has 9 heteroatoms. The van der Waals surface area contributed by atoms with Crippen molar-refractivity contribution in [1.82, 2.24) is 10.6 Å². The largest absolute Gasteiger partial charge is 0.573 e. The van der Waals surface area contributed by atoms with Crippen LogP contribution in [0, 0.1) is 0 Å². The quantitative estimate of drug-likeness (QED) is 0.174. The second kappa shape index (κ2) is 17.1. The predicted octanol–water partition coefficient (Wildman–Crippen LogP) is 9.07. The summed E-state index contributed by atoms with van der Waals surface area (Å²) in [6.45, 7) is 3.44. The zero-order valence-corrected chi connectivity index (χ0v) is 24.5. The van der Waals surface area contributed by atoms with E-state index in [9.17, 15) is 18.0 Å². The molecule has 0 aromatic heterocycles. The van der Waals surface area contributed by atoms with E-state index in [1.807, 2.05) is 0 Å². The van der Waals surface area contributed by atoms with Crippen molar-refractivity contribution < 1.29 is 22.7 Å². The number of rotatable bonds is 17. The van der Waals surface area contributed by atoms with Crippen molar-refractivity contribution in [3.63, 3.8) is 0 Å². The second-order valence-corrected chi connectivity index (χ2v) is 10.8. The number of hydrogen-bond donors (Lipinski definition) is 1. The van der Waals surface area contributed by atoms with Crippen molar-refractivity contribution in [2.75, 3.05) is 6.54 Å². The first-order valence-electron chi connectivity index (χ1n) is 12.9. The lowest BCUT2D eigenvalue weighted by Crippen LogP contribution is -2.24. The molecule has 0 spiro atoms. The van der Waals surface area contributed by atoms with Crippen molar-refractivity contribution in [3.05, 3.63) is 62.0 Å². The van der Waals surface area contributed by atoms with E-state index >= 15 is 0 Å². The van der Waals surface area contributed by atoms with Crippen molar-refractivity contribution in [1.29, 1.82) is 0 Å². The van der Waals surface area contributed by atoms with Crippen molar-refractivity contribution in [3.8, 4) is 5.75 Å². The molecule has 4 nitrogen and oxygen atoms in total. The van der Waals surface area contributed by atoms with E-state index in [1.165, 1.54) is 69.6 Å². The summed E-state index contributed by atoms with van der Waals surface area (Å²) in [7, 11) is 0. The van der Waals surface area contributed by atoms with Crippen LogP contribution in [0.4, 0.5) is 13.2 Å². The molecular weight excluding hydrogens is 613 g/mol. The fourth-order valence-corrected chi connectivity index (χ4v) is 5.38. The number of halogens is 5. The molecule has 0 aliphatic rings. The van der Waals surface area contributed by atoms with Crippen LogP contribution in [-0.2, 0) is 13.1 Å². The number of alkyl halides is 3. The molecule has 205 valence electrons. The Hall–Kier alpha value is -1.58. The normalized spacial score (nSPS) is 11.5. The molecule has 2 aromatic carbocycles. The first-order chi connectivity index (χ1) is 17.7. The Labute approximate surface area is 235 Å². The van der Waals surface area contributed by atoms with Crippen LogP contribution in [0.3, 0.4) is 0 Å². The molecule has 0 unspecified atom stereocenters. The van der Waals surface area contributed by atoms with Crippen LogP contribution in [0.2, 0.25) is 0 Å². The number of nitrogens with one attached hydrogen (secondary N) is 1. The second-order valence-electron chi connectivity index (χ2n) is 9.09. The topological polar surface area (TPSA) is 52.4 Å². The molecule has 0 heterocycles. The first kappa shape index (κ1) is 31.6. The van der Waals surface area contributed by atoms with Crippen LogP contribution in [0.25, 0.3) is 0 Å². The van der Waals surface area contributed by atoms with E-state index in [0.29, 0.717) is 24.2 Å². The van der Waals surface area contributed by atoms with E-state index in [-0.39, 0.29) is 18.2 Å². The van der Waals surface area contributed by atoms with Gasteiger partial charge in [0.2, 0.25) is 0 Å². The van der Waals surface area contributed by atoms with Gasteiger partial charge in [-0.05, 0) is 41.8 Å². The van der Waals surface area contributed by atoms with Gasteiger partial charge in [-0.15, -0.1) is 13.2 Å². The van der Waals surface area contributed by atoms with Gasteiger partial charge in [-0.1, -0.05) is 109 Å². The average Bonchev–Trinajstić information content (AvgIpc) is 2.83. The third-order valence-corrected chi connectivity index (χ3v) is 7.33. The molecule has 37 heavy (non-hydrogen) atoms. The van der Waals surface area contributed by atoms with Crippen LogP contribution in [0.15, 0.2) is 45.3 Å². The fraction of sp³-hybridized carbons (Fsp3) is 0.536. The highest BCUT2D eigenvalue weighted by molar-refractivity contribution is 9.11. The Balaban J connectivity index is 1.72. The highest BCUT2D eigenvalue weighted by Gasteiger charge is 2.31. The smallest absolute Gasteiger partial charge is 0.406 e. The van der Waals surface area contributed by atoms with Gasteiger partial charge in [0.25, 0.3) is 5.91 Å². The monoisotopic (exact) mass is 647 g/mol. The Morgan fingerprint density at radius 2 is 1.49 bits per heavy atom. The third kappa shape index (κ3) is 13.2. The van der Waals surface area contributed by atoms with E-state index in [4.69, 9.17) is 0 Å². The molecule has 1 N–H and O–H groups in total. The fourth-order valence-electron chi connectivity index (χ4n) is 3.94. The van der Waals surface area contributed by atoms with Gasteiger partial charge in [-0.25, -0.2) is 5.32 Å². The predicted molar refractivity (Wildman–Crippen MR) is 149 cm³/mol. The molecule has 1 amide bonds. The van der Waals surface area contributed by atoms with E-state index < -0.39 is 6.36 Å². The van der Waals surface area contributed by atoms with Crippen LogP contribution < -0.4 is 15.4 Å². The van der Waals surface area contributed by atoms with Crippen LogP contribution in [0.5, 0.6) is 5.75 Å². The summed E-state index contributed by atoms with van der Waals surface area (Å²) in [4.78, 5) is 12.6. The minimum atomic E-state index is -4.73. The SMILES string of the molecule is CCCCCCCCCCCCNC(=O)c1cc(Br)c(C[N]Cc2cccc(OC(F)(F)F)c2)c(Br)c1. The molecule has 0 fully saturated rings. The number of nitrogens with zero attached hydrogens (tertiary/aromatic N) is 1. The molecule has 1 radical (unpaired) electrons. The summed E-state index contributed by atoms with van der Waals surface area (Å²) in [5.74, 6) is -0.391. The number of carbonyl (C=O) groups excluding carboxylic acids is 1. The van der Waals surface area contributed by atoms with E-state index in [0.717, 1.165) is 27.4 Å². The van der Waals surface area contributed by atoms with E-state index in [2.05, 4.69) is 54.2 Å². The molecule has 0 bridgehead atoms. The lowest BCUT2D eigenvalue weighted by molar-refractivity contribution is -0.274. The highest BCUT2D eigenvalue weighted by Crippen LogP contribution is 2.28. The molecule has 0 saturated carbocycles. The molecule has 0 atom stereocenters. The van der Waals surface area contributed by atoms with Crippen LogP contribution >= 0.6 is 31.9 Å². The van der Waals surface area contributed by atoms with Gasteiger partial charge in [0, 0.05) is 34.1 Å². The van der Waals surface area contributed by atoms with Gasteiger partial charge in [0.05, 0.1) is 0 Å². The zero-order chi connectivity index (χ0) is 27.1. The minimum absolute atomic E-state index is 0.123. The maximum atomic E-state index is 12.6. The van der Waals surface area contributed by atoms with Gasteiger partial charge < -0.3 is 10.1 Å². The van der Waals surface area contributed by atoms with Crippen LogP contribution in [-0.4, -0.2) is 18.8 Å². The van der Waals surface area contributed by atoms with Crippen LogP contribution in [0.1, 0.15) is 92.6 Å². The number of amides is 1. The highest BCUT2D eigenvalue weighted by atomic mass is 79.9.